The van der Waals surface area contributed by atoms with Crippen molar-refractivity contribution in [1.29, 1.82) is 0 Å². The Balaban J connectivity index is 1.87. The third-order valence-electron chi connectivity index (χ3n) is 6.09. The van der Waals surface area contributed by atoms with E-state index in [0.29, 0.717) is 19.3 Å². The monoisotopic (exact) mass is 461 g/mol. The zero-order valence-corrected chi connectivity index (χ0v) is 18.8. The number of ketones is 2. The largest absolute Gasteiger partial charge is 0.417 e. The number of ether oxygens (including phenoxy) is 1. The smallest absolute Gasteiger partial charge is 0.403 e. The highest BCUT2D eigenvalue weighted by Gasteiger charge is 2.77. The fourth-order valence-electron chi connectivity index (χ4n) is 4.76. The third kappa shape index (κ3) is 3.91. The molecular weight excluding hydrogens is 435 g/mol. The molecule has 1 saturated carbocycles. The third-order valence-corrected chi connectivity index (χ3v) is 7.05. The number of carbonyl (C=O) groups is 4. The molecule has 0 spiro atoms. The summed E-state index contributed by atoms with van der Waals surface area (Å²) in [6.45, 7) is 4.84. The minimum Gasteiger partial charge on any atom is -0.403 e. The first-order chi connectivity index (χ1) is 14.3. The molecule has 3 aliphatic heterocycles. The number of rotatable bonds is 7. The van der Waals surface area contributed by atoms with E-state index in [-0.39, 0.29) is 12.2 Å². The van der Waals surface area contributed by atoms with Crippen molar-refractivity contribution in [3.63, 3.8) is 0 Å². The summed E-state index contributed by atoms with van der Waals surface area (Å²) in [4.78, 5) is 51.2. The number of β-lactam (4-membered cyclic amide) rings is 1. The van der Waals surface area contributed by atoms with Crippen molar-refractivity contribution >= 4 is 31.7 Å². The average Bonchev–Trinajstić information content (AvgIpc) is 2.98. The summed E-state index contributed by atoms with van der Waals surface area (Å²) in [6.07, 6.45) is -4.55. The average molecular weight is 462 g/mol. The number of nitrogens with zero attached hydrogens (tertiary/aromatic N) is 1. The lowest BCUT2D eigenvalue weighted by Gasteiger charge is -2.49. The highest BCUT2D eigenvalue weighted by atomic mass is 28.4. The van der Waals surface area contributed by atoms with Gasteiger partial charge in [-0.2, -0.15) is 13.2 Å². The van der Waals surface area contributed by atoms with Crippen LogP contribution in [-0.4, -0.2) is 68.1 Å². The van der Waals surface area contributed by atoms with Gasteiger partial charge in [0.15, 0.2) is 20.2 Å². The van der Waals surface area contributed by atoms with Gasteiger partial charge in [0, 0.05) is 13.0 Å². The Labute approximate surface area is 179 Å². The quantitative estimate of drug-likeness (QED) is 0.144. The molecular formula is C20H26F3NO6Si. The maximum atomic E-state index is 13.4. The Morgan fingerprint density at radius 2 is 1.84 bits per heavy atom. The van der Waals surface area contributed by atoms with Crippen molar-refractivity contribution < 1.29 is 41.5 Å². The molecule has 0 aromatic heterocycles. The number of halogens is 3. The molecule has 0 radical (unpaired) electrons. The molecule has 1 aliphatic carbocycles. The number of hydrogen-bond donors (Lipinski definition) is 0. The maximum absolute atomic E-state index is 13.4. The first kappa shape index (κ1) is 23.8. The molecule has 4 rings (SSSR count). The summed E-state index contributed by atoms with van der Waals surface area (Å²) in [5, 5.41) is 0. The predicted molar refractivity (Wildman–Crippen MR) is 104 cm³/mol. The second-order valence-corrected chi connectivity index (χ2v) is 13.7. The number of amides is 2. The van der Waals surface area contributed by atoms with E-state index in [9.17, 15) is 32.3 Å². The van der Waals surface area contributed by atoms with Crippen LogP contribution in [0.2, 0.25) is 19.6 Å². The second kappa shape index (κ2) is 7.93. The van der Waals surface area contributed by atoms with Gasteiger partial charge in [0.2, 0.25) is 11.7 Å². The lowest BCUT2D eigenvalue weighted by atomic mass is 9.62. The number of alkyl halides is 3. The minimum atomic E-state index is -4.66. The summed E-state index contributed by atoms with van der Waals surface area (Å²) in [5.74, 6) is -3.77. The molecule has 0 unspecified atom stereocenters. The number of hydrogen-bond acceptors (Lipinski definition) is 6. The standard InChI is InChI=1S/C20H26F3NO6Si/c1-29-12-8-5-7-11(14(12)25)15-19(16(26)17(27)24(15)18(19)28)10-6-9-13(20(21,22)23)30-31(2,3)4/h6,9,11-13,15H,5,7-8,10H2,1-4H3/t11-,12-,13-,15+,19-/m0/s1. The summed E-state index contributed by atoms with van der Waals surface area (Å²) in [5.41, 5.74) is -1.82. The van der Waals surface area contributed by atoms with Crippen molar-refractivity contribution in [3.05, 3.63) is 12.2 Å². The number of fused-ring (bicyclic) bond motifs is 1. The van der Waals surface area contributed by atoms with Gasteiger partial charge in [-0.15, -0.1) is 0 Å². The predicted octanol–water partition coefficient (Wildman–Crippen LogP) is 2.41. The van der Waals surface area contributed by atoms with Crippen molar-refractivity contribution in [3.8, 4) is 0 Å². The summed E-state index contributed by atoms with van der Waals surface area (Å²) in [7, 11) is -1.16. The van der Waals surface area contributed by atoms with Gasteiger partial charge in [0.25, 0.3) is 5.91 Å². The zero-order chi connectivity index (χ0) is 23.4. The van der Waals surface area contributed by atoms with Crippen LogP contribution in [0.4, 0.5) is 13.2 Å². The molecule has 2 bridgehead atoms. The molecule has 2 amide bonds. The highest BCUT2D eigenvalue weighted by molar-refractivity contribution is 6.69. The Kier molecular flexibility index (Phi) is 6.09. The van der Waals surface area contributed by atoms with Crippen molar-refractivity contribution in [2.75, 3.05) is 7.11 Å². The van der Waals surface area contributed by atoms with Gasteiger partial charge < -0.3 is 9.16 Å². The van der Waals surface area contributed by atoms with Crippen molar-refractivity contribution in [2.45, 2.75) is 69.8 Å². The Bertz CT molecular complexity index is 836. The molecule has 5 atom stereocenters. The van der Waals surface area contributed by atoms with Gasteiger partial charge >= 0.3 is 6.18 Å². The molecule has 3 heterocycles. The van der Waals surface area contributed by atoms with E-state index in [1.807, 2.05) is 0 Å². The number of methoxy groups -OCH3 is 1. The van der Waals surface area contributed by atoms with Gasteiger partial charge in [-0.05, 0) is 45.3 Å². The summed E-state index contributed by atoms with van der Waals surface area (Å²) in [6, 6.07) is -0.975. The Hall–Kier alpha value is -1.85. The van der Waals surface area contributed by atoms with E-state index in [1.54, 1.807) is 19.6 Å². The summed E-state index contributed by atoms with van der Waals surface area (Å²) < 4.78 is 50.5. The van der Waals surface area contributed by atoms with E-state index in [0.717, 1.165) is 17.1 Å². The normalized spacial score (nSPS) is 32.7. The fraction of sp³-hybridized carbons (Fsp3) is 0.700. The fourth-order valence-corrected chi connectivity index (χ4v) is 5.74. The van der Waals surface area contributed by atoms with E-state index in [1.165, 1.54) is 7.11 Å². The molecule has 31 heavy (non-hydrogen) atoms. The minimum absolute atomic E-state index is 0.290. The second-order valence-electron chi connectivity index (χ2n) is 9.21. The van der Waals surface area contributed by atoms with Crippen LogP contribution in [0.15, 0.2) is 12.2 Å². The SMILES string of the molecule is CO[C@H]1CCC[C@H]([C@H]2N3C(=O)C(=O)[C@@]2(CC=C[C@H](O[Si](C)(C)C)C(F)(F)F)C3=O)C1=O. The molecule has 7 nitrogen and oxygen atoms in total. The van der Waals surface area contributed by atoms with Gasteiger partial charge in [0.1, 0.15) is 11.5 Å². The van der Waals surface area contributed by atoms with Crippen LogP contribution in [0.1, 0.15) is 25.7 Å². The number of Topliss-reactive ketones (excluding diaryl/α,β-unsaturated/α-hetero) is 2. The first-order valence-corrected chi connectivity index (χ1v) is 13.6. The van der Waals surface area contributed by atoms with Crippen LogP contribution in [0.25, 0.3) is 0 Å². The molecule has 4 fully saturated rings. The molecule has 172 valence electrons. The van der Waals surface area contributed by atoms with Gasteiger partial charge in [-0.25, -0.2) is 0 Å². The zero-order valence-electron chi connectivity index (χ0n) is 17.8. The van der Waals surface area contributed by atoms with Crippen molar-refractivity contribution in [1.82, 2.24) is 4.90 Å². The van der Waals surface area contributed by atoms with E-state index < -0.39 is 61.7 Å². The van der Waals surface area contributed by atoms with Gasteiger partial charge in [0.05, 0.1) is 6.04 Å². The van der Waals surface area contributed by atoms with Crippen LogP contribution < -0.4 is 0 Å². The van der Waals surface area contributed by atoms with Crippen LogP contribution >= 0.6 is 0 Å². The molecule has 0 N–H and O–H groups in total. The number of carbonyl (C=O) groups excluding carboxylic acids is 4. The van der Waals surface area contributed by atoms with E-state index in [4.69, 9.17) is 9.16 Å². The number of imide groups is 1. The van der Waals surface area contributed by atoms with Crippen LogP contribution in [0.3, 0.4) is 0 Å². The first-order valence-electron chi connectivity index (χ1n) is 10.2. The summed E-state index contributed by atoms with van der Waals surface area (Å²) >= 11 is 0. The van der Waals surface area contributed by atoms with Crippen LogP contribution in [0.5, 0.6) is 0 Å². The molecule has 0 aromatic carbocycles. The van der Waals surface area contributed by atoms with Gasteiger partial charge in [-0.3, -0.25) is 24.1 Å². The van der Waals surface area contributed by atoms with Crippen molar-refractivity contribution in [2.24, 2.45) is 11.3 Å². The van der Waals surface area contributed by atoms with Crippen LogP contribution in [-0.2, 0) is 28.3 Å². The highest BCUT2D eigenvalue weighted by Crippen LogP contribution is 2.55. The Morgan fingerprint density at radius 1 is 1.19 bits per heavy atom. The topological polar surface area (TPSA) is 90.0 Å². The molecule has 0 aromatic rings. The molecule has 11 heteroatoms. The number of allylic oxidation sites excluding steroid dienone is 1. The van der Waals surface area contributed by atoms with E-state index >= 15 is 0 Å². The van der Waals surface area contributed by atoms with Gasteiger partial charge in [-0.1, -0.05) is 12.2 Å². The lowest BCUT2D eigenvalue weighted by Crippen LogP contribution is -2.67. The molecule has 3 saturated heterocycles. The Morgan fingerprint density at radius 3 is 2.35 bits per heavy atom. The maximum Gasteiger partial charge on any atom is 0.417 e. The van der Waals surface area contributed by atoms with E-state index in [2.05, 4.69) is 0 Å². The molecule has 4 aliphatic rings. The lowest BCUT2D eigenvalue weighted by molar-refractivity contribution is -0.182. The van der Waals surface area contributed by atoms with Crippen LogP contribution in [0, 0.1) is 11.3 Å².